The Kier molecular flexibility index (Phi) is 5.57. The number of carboxylic acids is 1. The van der Waals surface area contributed by atoms with E-state index < -0.39 is 18.0 Å². The molecule has 0 radical (unpaired) electrons. The maximum absolute atomic E-state index is 11.8. The Morgan fingerprint density at radius 2 is 2.10 bits per heavy atom. The maximum Gasteiger partial charge on any atom is 0.326 e. The van der Waals surface area contributed by atoms with Gasteiger partial charge in [-0.3, -0.25) is 0 Å². The van der Waals surface area contributed by atoms with Crippen LogP contribution in [0.3, 0.4) is 0 Å². The summed E-state index contributed by atoms with van der Waals surface area (Å²) in [5, 5.41) is 14.4. The lowest BCUT2D eigenvalue weighted by molar-refractivity contribution is -0.139. The first-order valence-electron chi connectivity index (χ1n) is 7.06. The van der Waals surface area contributed by atoms with Gasteiger partial charge in [0.15, 0.2) is 0 Å². The van der Waals surface area contributed by atoms with Crippen LogP contribution in [-0.2, 0) is 16.0 Å². The van der Waals surface area contributed by atoms with Crippen LogP contribution < -0.4 is 10.6 Å². The number of amides is 2. The van der Waals surface area contributed by atoms with Crippen LogP contribution in [0.5, 0.6) is 0 Å². The minimum atomic E-state index is -1.02. The van der Waals surface area contributed by atoms with E-state index in [1.165, 1.54) is 0 Å². The predicted molar refractivity (Wildman–Crippen MR) is 77.1 cm³/mol. The quantitative estimate of drug-likeness (QED) is 0.734. The molecule has 1 aliphatic heterocycles. The molecular formula is C15H20N2O4. The zero-order chi connectivity index (χ0) is 15.1. The van der Waals surface area contributed by atoms with Gasteiger partial charge in [-0.1, -0.05) is 30.3 Å². The molecule has 1 aromatic carbocycles. The number of benzene rings is 1. The number of carboxylic acid groups (broad SMARTS) is 1. The highest BCUT2D eigenvalue weighted by atomic mass is 16.5. The van der Waals surface area contributed by atoms with Crippen molar-refractivity contribution in [2.75, 3.05) is 13.2 Å². The molecule has 2 amide bonds. The van der Waals surface area contributed by atoms with Crippen molar-refractivity contribution in [2.45, 2.75) is 31.3 Å². The SMILES string of the molecule is O=C(NC1CCOC1)N[C@@H](CCc1ccccc1)C(=O)O. The molecule has 114 valence electrons. The molecule has 0 bridgehead atoms. The third kappa shape index (κ3) is 5.07. The van der Waals surface area contributed by atoms with E-state index in [0.717, 1.165) is 12.0 Å². The molecule has 0 saturated carbocycles. The summed E-state index contributed by atoms with van der Waals surface area (Å²) in [6.45, 7) is 1.11. The van der Waals surface area contributed by atoms with Crippen molar-refractivity contribution in [3.8, 4) is 0 Å². The second-order valence-corrected chi connectivity index (χ2v) is 5.09. The lowest BCUT2D eigenvalue weighted by atomic mass is 10.1. The van der Waals surface area contributed by atoms with Crippen molar-refractivity contribution in [3.63, 3.8) is 0 Å². The average Bonchev–Trinajstić information content (AvgIpc) is 2.97. The molecule has 2 rings (SSSR count). The number of hydrogen-bond acceptors (Lipinski definition) is 3. The first kappa shape index (κ1) is 15.3. The first-order valence-corrected chi connectivity index (χ1v) is 7.06. The van der Waals surface area contributed by atoms with Gasteiger partial charge in [-0.15, -0.1) is 0 Å². The van der Waals surface area contributed by atoms with Gasteiger partial charge in [-0.25, -0.2) is 9.59 Å². The molecular weight excluding hydrogens is 272 g/mol. The second kappa shape index (κ2) is 7.64. The minimum Gasteiger partial charge on any atom is -0.480 e. The van der Waals surface area contributed by atoms with Gasteiger partial charge in [0.05, 0.1) is 12.6 Å². The number of urea groups is 1. The fraction of sp³-hybridized carbons (Fsp3) is 0.467. The number of aliphatic carboxylic acids is 1. The van der Waals surface area contributed by atoms with Gasteiger partial charge < -0.3 is 20.5 Å². The monoisotopic (exact) mass is 292 g/mol. The van der Waals surface area contributed by atoms with Gasteiger partial charge in [0.2, 0.25) is 0 Å². The molecule has 1 aromatic rings. The average molecular weight is 292 g/mol. The molecule has 2 atom stereocenters. The zero-order valence-corrected chi connectivity index (χ0v) is 11.7. The van der Waals surface area contributed by atoms with Crippen molar-refractivity contribution < 1.29 is 19.4 Å². The highest BCUT2D eigenvalue weighted by Crippen LogP contribution is 2.06. The molecule has 21 heavy (non-hydrogen) atoms. The van der Waals surface area contributed by atoms with Crippen LogP contribution in [0.4, 0.5) is 4.79 Å². The summed E-state index contributed by atoms with van der Waals surface area (Å²) in [7, 11) is 0. The Morgan fingerprint density at radius 3 is 2.71 bits per heavy atom. The summed E-state index contributed by atoms with van der Waals surface area (Å²) in [5.41, 5.74) is 1.05. The molecule has 6 nitrogen and oxygen atoms in total. The van der Waals surface area contributed by atoms with Crippen molar-refractivity contribution in [1.82, 2.24) is 10.6 Å². The number of rotatable bonds is 6. The van der Waals surface area contributed by atoms with Crippen LogP contribution in [0.15, 0.2) is 30.3 Å². The van der Waals surface area contributed by atoms with Crippen LogP contribution in [-0.4, -0.2) is 42.4 Å². The number of ether oxygens (including phenoxy) is 1. The summed E-state index contributed by atoms with van der Waals surface area (Å²) < 4.78 is 5.16. The number of aryl methyl sites for hydroxylation is 1. The third-order valence-electron chi connectivity index (χ3n) is 3.43. The highest BCUT2D eigenvalue weighted by molar-refractivity contribution is 5.82. The van der Waals surface area contributed by atoms with E-state index in [-0.39, 0.29) is 6.04 Å². The number of carbonyl (C=O) groups excluding carboxylic acids is 1. The van der Waals surface area contributed by atoms with Crippen LogP contribution in [0, 0.1) is 0 Å². The normalized spacial score (nSPS) is 19.0. The van der Waals surface area contributed by atoms with Crippen molar-refractivity contribution >= 4 is 12.0 Å². The van der Waals surface area contributed by atoms with Crippen LogP contribution in [0.25, 0.3) is 0 Å². The third-order valence-corrected chi connectivity index (χ3v) is 3.43. The van der Waals surface area contributed by atoms with E-state index >= 15 is 0 Å². The molecule has 1 heterocycles. The van der Waals surface area contributed by atoms with E-state index in [1.54, 1.807) is 0 Å². The van der Waals surface area contributed by atoms with Gasteiger partial charge in [-0.2, -0.15) is 0 Å². The first-order chi connectivity index (χ1) is 10.1. The van der Waals surface area contributed by atoms with Gasteiger partial charge in [0.25, 0.3) is 0 Å². The van der Waals surface area contributed by atoms with Crippen molar-refractivity contribution in [1.29, 1.82) is 0 Å². The molecule has 1 fully saturated rings. The number of carbonyl (C=O) groups is 2. The Labute approximate surface area is 123 Å². The predicted octanol–water partition coefficient (Wildman–Crippen LogP) is 1.16. The van der Waals surface area contributed by atoms with Crippen LogP contribution in [0.1, 0.15) is 18.4 Å². The summed E-state index contributed by atoms with van der Waals surface area (Å²) in [4.78, 5) is 23.0. The standard InChI is InChI=1S/C15H20N2O4/c18-14(19)13(7-6-11-4-2-1-3-5-11)17-15(20)16-12-8-9-21-10-12/h1-5,12-13H,6-10H2,(H,18,19)(H2,16,17,20)/t12?,13-/m0/s1. The lowest BCUT2D eigenvalue weighted by Gasteiger charge is -2.17. The molecule has 1 saturated heterocycles. The second-order valence-electron chi connectivity index (χ2n) is 5.09. The number of hydrogen-bond donors (Lipinski definition) is 3. The molecule has 1 aliphatic rings. The van der Waals surface area contributed by atoms with Gasteiger partial charge in [0.1, 0.15) is 6.04 Å². The van der Waals surface area contributed by atoms with E-state index in [0.29, 0.717) is 26.1 Å². The fourth-order valence-electron chi connectivity index (χ4n) is 2.25. The Bertz CT molecular complexity index is 472. The summed E-state index contributed by atoms with van der Waals surface area (Å²) in [5.74, 6) is -1.02. The Morgan fingerprint density at radius 1 is 1.33 bits per heavy atom. The van der Waals surface area contributed by atoms with E-state index in [2.05, 4.69) is 10.6 Å². The fourth-order valence-corrected chi connectivity index (χ4v) is 2.25. The topological polar surface area (TPSA) is 87.7 Å². The highest BCUT2D eigenvalue weighted by Gasteiger charge is 2.22. The molecule has 6 heteroatoms. The van der Waals surface area contributed by atoms with Gasteiger partial charge in [0, 0.05) is 6.61 Å². The van der Waals surface area contributed by atoms with Crippen molar-refractivity contribution in [2.24, 2.45) is 0 Å². The van der Waals surface area contributed by atoms with E-state index in [9.17, 15) is 14.7 Å². The smallest absolute Gasteiger partial charge is 0.326 e. The molecule has 0 spiro atoms. The van der Waals surface area contributed by atoms with Crippen molar-refractivity contribution in [3.05, 3.63) is 35.9 Å². The van der Waals surface area contributed by atoms with Crippen LogP contribution >= 0.6 is 0 Å². The summed E-state index contributed by atoms with van der Waals surface area (Å²) >= 11 is 0. The molecule has 1 unspecified atom stereocenters. The Hall–Kier alpha value is -2.08. The lowest BCUT2D eigenvalue weighted by Crippen LogP contribution is -2.49. The van der Waals surface area contributed by atoms with Gasteiger partial charge in [-0.05, 0) is 24.8 Å². The minimum absolute atomic E-state index is 0.0337. The molecule has 3 N–H and O–H groups in total. The van der Waals surface area contributed by atoms with Gasteiger partial charge >= 0.3 is 12.0 Å². The largest absolute Gasteiger partial charge is 0.480 e. The maximum atomic E-state index is 11.8. The number of nitrogens with one attached hydrogen (secondary N) is 2. The molecule has 0 aliphatic carbocycles. The summed E-state index contributed by atoms with van der Waals surface area (Å²) in [6, 6.07) is 8.22. The summed E-state index contributed by atoms with van der Waals surface area (Å²) in [6.07, 6.45) is 1.72. The van der Waals surface area contributed by atoms with E-state index in [4.69, 9.17) is 4.74 Å². The van der Waals surface area contributed by atoms with Crippen LogP contribution in [0.2, 0.25) is 0 Å². The van der Waals surface area contributed by atoms with E-state index in [1.807, 2.05) is 30.3 Å². The Balaban J connectivity index is 1.81. The zero-order valence-electron chi connectivity index (χ0n) is 11.7. The molecule has 0 aromatic heterocycles.